The summed E-state index contributed by atoms with van der Waals surface area (Å²) in [6.45, 7) is 13.6. The normalized spacial score (nSPS) is 22.2. The van der Waals surface area contributed by atoms with Gasteiger partial charge in [-0.1, -0.05) is 12.2 Å². The van der Waals surface area contributed by atoms with Crippen molar-refractivity contribution in [2.45, 2.75) is 71.1 Å². The SMILES string of the molecule is C=C(C)COCCNC1CCC(NC(=O)OC(C)(C)C)CC1. The molecular weight excluding hydrogens is 280 g/mol. The van der Waals surface area contributed by atoms with Crippen LogP contribution < -0.4 is 10.6 Å². The molecule has 0 unspecified atom stereocenters. The van der Waals surface area contributed by atoms with E-state index in [2.05, 4.69) is 17.2 Å². The van der Waals surface area contributed by atoms with E-state index in [-0.39, 0.29) is 12.1 Å². The van der Waals surface area contributed by atoms with E-state index >= 15 is 0 Å². The molecule has 0 bridgehead atoms. The third-order valence-electron chi connectivity index (χ3n) is 3.48. The van der Waals surface area contributed by atoms with Crippen molar-refractivity contribution in [3.05, 3.63) is 12.2 Å². The first-order valence-corrected chi connectivity index (χ1v) is 8.21. The molecule has 0 heterocycles. The second kappa shape index (κ2) is 9.16. The molecule has 0 aliphatic heterocycles. The maximum atomic E-state index is 11.7. The standard InChI is InChI=1S/C17H32N2O3/c1-13(2)12-21-11-10-18-14-6-8-15(9-7-14)19-16(20)22-17(3,4)5/h14-15,18H,1,6-12H2,2-5H3,(H,19,20). The number of carbonyl (C=O) groups is 1. The van der Waals surface area contributed by atoms with E-state index in [1.165, 1.54) is 0 Å². The molecule has 0 atom stereocenters. The first kappa shape index (κ1) is 19.0. The van der Waals surface area contributed by atoms with E-state index in [0.29, 0.717) is 19.3 Å². The molecule has 0 aromatic rings. The first-order valence-electron chi connectivity index (χ1n) is 8.21. The smallest absolute Gasteiger partial charge is 0.407 e. The van der Waals surface area contributed by atoms with Crippen LogP contribution in [-0.4, -0.2) is 43.5 Å². The largest absolute Gasteiger partial charge is 0.444 e. The Bertz CT molecular complexity index is 355. The van der Waals surface area contributed by atoms with Crippen molar-refractivity contribution in [3.8, 4) is 0 Å². The van der Waals surface area contributed by atoms with Crippen molar-refractivity contribution in [2.24, 2.45) is 0 Å². The van der Waals surface area contributed by atoms with Crippen LogP contribution in [0.25, 0.3) is 0 Å². The molecule has 1 fully saturated rings. The lowest BCUT2D eigenvalue weighted by molar-refractivity contribution is 0.0489. The van der Waals surface area contributed by atoms with Crippen LogP contribution in [0.1, 0.15) is 53.4 Å². The van der Waals surface area contributed by atoms with E-state index in [1.54, 1.807) is 0 Å². The molecule has 5 nitrogen and oxygen atoms in total. The number of carbonyl (C=O) groups excluding carboxylic acids is 1. The number of nitrogens with one attached hydrogen (secondary N) is 2. The number of alkyl carbamates (subject to hydrolysis) is 1. The van der Waals surface area contributed by atoms with Gasteiger partial charge in [-0.25, -0.2) is 4.79 Å². The molecule has 1 saturated carbocycles. The molecule has 1 aliphatic rings. The van der Waals surface area contributed by atoms with Gasteiger partial charge < -0.3 is 20.1 Å². The lowest BCUT2D eigenvalue weighted by atomic mass is 9.91. The van der Waals surface area contributed by atoms with Gasteiger partial charge in [-0.2, -0.15) is 0 Å². The Morgan fingerprint density at radius 1 is 1.18 bits per heavy atom. The molecule has 0 radical (unpaired) electrons. The number of rotatable bonds is 7. The molecule has 22 heavy (non-hydrogen) atoms. The second-order valence-corrected chi connectivity index (χ2v) is 7.16. The molecule has 5 heteroatoms. The molecule has 128 valence electrons. The Labute approximate surface area is 134 Å². The van der Waals surface area contributed by atoms with Gasteiger partial charge in [0.1, 0.15) is 5.60 Å². The van der Waals surface area contributed by atoms with Gasteiger partial charge in [0, 0.05) is 18.6 Å². The third-order valence-corrected chi connectivity index (χ3v) is 3.48. The molecule has 0 spiro atoms. The molecule has 2 N–H and O–H groups in total. The third kappa shape index (κ3) is 9.05. The zero-order valence-electron chi connectivity index (χ0n) is 14.5. The van der Waals surface area contributed by atoms with E-state index in [9.17, 15) is 4.79 Å². The van der Waals surface area contributed by atoms with E-state index in [4.69, 9.17) is 9.47 Å². The minimum Gasteiger partial charge on any atom is -0.444 e. The molecule has 1 aliphatic carbocycles. The van der Waals surface area contributed by atoms with Crippen LogP contribution in [0, 0.1) is 0 Å². The van der Waals surface area contributed by atoms with Gasteiger partial charge in [-0.05, 0) is 53.4 Å². The summed E-state index contributed by atoms with van der Waals surface area (Å²) in [4.78, 5) is 11.7. The fourth-order valence-electron chi connectivity index (χ4n) is 2.50. The Morgan fingerprint density at radius 2 is 1.77 bits per heavy atom. The average molecular weight is 312 g/mol. The molecule has 0 aromatic carbocycles. The topological polar surface area (TPSA) is 59.6 Å². The Hall–Kier alpha value is -1.07. The predicted molar refractivity (Wildman–Crippen MR) is 89.0 cm³/mol. The van der Waals surface area contributed by atoms with Crippen LogP contribution in [-0.2, 0) is 9.47 Å². The van der Waals surface area contributed by atoms with E-state index < -0.39 is 5.60 Å². The monoisotopic (exact) mass is 312 g/mol. The average Bonchev–Trinajstić information content (AvgIpc) is 2.37. The summed E-state index contributed by atoms with van der Waals surface area (Å²) >= 11 is 0. The van der Waals surface area contributed by atoms with Gasteiger partial charge in [0.15, 0.2) is 0 Å². The lowest BCUT2D eigenvalue weighted by Gasteiger charge is -2.30. The maximum Gasteiger partial charge on any atom is 0.407 e. The van der Waals surface area contributed by atoms with Gasteiger partial charge in [-0.15, -0.1) is 0 Å². The zero-order chi connectivity index (χ0) is 16.6. The Morgan fingerprint density at radius 3 is 2.32 bits per heavy atom. The summed E-state index contributed by atoms with van der Waals surface area (Å²) in [5.41, 5.74) is 0.612. The molecular formula is C17H32N2O3. The number of hydrogen-bond acceptors (Lipinski definition) is 4. The van der Waals surface area contributed by atoms with Gasteiger partial charge in [-0.3, -0.25) is 0 Å². The van der Waals surface area contributed by atoms with Crippen molar-refractivity contribution in [2.75, 3.05) is 19.8 Å². The highest BCUT2D eigenvalue weighted by molar-refractivity contribution is 5.68. The molecule has 0 aromatic heterocycles. The summed E-state index contributed by atoms with van der Waals surface area (Å²) in [5.74, 6) is 0. The van der Waals surface area contributed by atoms with Crippen molar-refractivity contribution >= 4 is 6.09 Å². The van der Waals surface area contributed by atoms with Crippen LogP contribution >= 0.6 is 0 Å². The Balaban J connectivity index is 2.10. The minimum atomic E-state index is -0.438. The van der Waals surface area contributed by atoms with Crippen LogP contribution in [0.4, 0.5) is 4.79 Å². The van der Waals surface area contributed by atoms with Crippen LogP contribution in [0.15, 0.2) is 12.2 Å². The minimum absolute atomic E-state index is 0.229. The predicted octanol–water partition coefficient (Wildman–Crippen LogP) is 3.00. The van der Waals surface area contributed by atoms with E-state index in [0.717, 1.165) is 37.8 Å². The summed E-state index contributed by atoms with van der Waals surface area (Å²) in [7, 11) is 0. The fraction of sp³-hybridized carbons (Fsp3) is 0.824. The summed E-state index contributed by atoms with van der Waals surface area (Å²) in [6, 6.07) is 0.748. The quantitative estimate of drug-likeness (QED) is 0.560. The highest BCUT2D eigenvalue weighted by atomic mass is 16.6. The van der Waals surface area contributed by atoms with E-state index in [1.807, 2.05) is 27.7 Å². The van der Waals surface area contributed by atoms with Gasteiger partial charge in [0.2, 0.25) is 0 Å². The summed E-state index contributed by atoms with van der Waals surface area (Å²) < 4.78 is 10.8. The number of ether oxygens (including phenoxy) is 2. The Kier molecular flexibility index (Phi) is 7.90. The van der Waals surface area contributed by atoms with Gasteiger partial charge >= 0.3 is 6.09 Å². The number of hydrogen-bond donors (Lipinski definition) is 2. The first-order chi connectivity index (χ1) is 10.3. The highest BCUT2D eigenvalue weighted by Gasteiger charge is 2.24. The maximum absolute atomic E-state index is 11.7. The van der Waals surface area contributed by atoms with Gasteiger partial charge in [0.25, 0.3) is 0 Å². The van der Waals surface area contributed by atoms with Crippen molar-refractivity contribution in [1.29, 1.82) is 0 Å². The van der Waals surface area contributed by atoms with Crippen molar-refractivity contribution in [1.82, 2.24) is 10.6 Å². The van der Waals surface area contributed by atoms with Crippen molar-refractivity contribution < 1.29 is 14.3 Å². The van der Waals surface area contributed by atoms with Crippen LogP contribution in [0.5, 0.6) is 0 Å². The molecule has 1 amide bonds. The zero-order valence-corrected chi connectivity index (χ0v) is 14.5. The summed E-state index contributed by atoms with van der Waals surface area (Å²) in [5, 5.41) is 6.47. The van der Waals surface area contributed by atoms with Crippen molar-refractivity contribution in [3.63, 3.8) is 0 Å². The number of amides is 1. The summed E-state index contributed by atoms with van der Waals surface area (Å²) in [6.07, 6.45) is 3.81. The molecule has 1 rings (SSSR count). The lowest BCUT2D eigenvalue weighted by Crippen LogP contribution is -2.44. The highest BCUT2D eigenvalue weighted by Crippen LogP contribution is 2.19. The van der Waals surface area contributed by atoms with Crippen LogP contribution in [0.3, 0.4) is 0 Å². The fourth-order valence-corrected chi connectivity index (χ4v) is 2.50. The van der Waals surface area contributed by atoms with Crippen LogP contribution in [0.2, 0.25) is 0 Å². The molecule has 0 saturated heterocycles. The van der Waals surface area contributed by atoms with Gasteiger partial charge in [0.05, 0.1) is 13.2 Å². The second-order valence-electron chi connectivity index (χ2n) is 7.16.